The second kappa shape index (κ2) is 15.0. The van der Waals surface area contributed by atoms with Gasteiger partial charge < -0.3 is 10.2 Å². The lowest BCUT2D eigenvalue weighted by molar-refractivity contribution is -0.140. The number of rotatable bonds is 13. The fraction of sp³-hybridized carbons (Fsp3) is 0.278. The van der Waals surface area contributed by atoms with Crippen molar-refractivity contribution in [2.75, 3.05) is 17.4 Å². The molecule has 0 fully saturated rings. The summed E-state index contributed by atoms with van der Waals surface area (Å²) in [5.74, 6) is -1.42. The van der Waals surface area contributed by atoms with Gasteiger partial charge in [-0.15, -0.1) is 0 Å². The molecule has 1 N–H and O–H groups in total. The van der Waals surface area contributed by atoms with E-state index in [9.17, 15) is 18.0 Å². The lowest BCUT2D eigenvalue weighted by Crippen LogP contribution is -2.54. The van der Waals surface area contributed by atoms with Gasteiger partial charge in [0.1, 0.15) is 18.4 Å². The highest BCUT2D eigenvalue weighted by atomic mass is 32.2. The molecule has 0 aromatic heterocycles. The zero-order valence-electron chi connectivity index (χ0n) is 26.1. The molecule has 0 saturated heterocycles. The fourth-order valence-corrected chi connectivity index (χ4v) is 6.60. The number of aryl methyl sites for hydroxylation is 2. The molecule has 9 heteroatoms. The first-order chi connectivity index (χ1) is 21.5. The van der Waals surface area contributed by atoms with Crippen molar-refractivity contribution in [2.45, 2.75) is 51.6 Å². The van der Waals surface area contributed by atoms with Crippen LogP contribution < -0.4 is 9.62 Å². The van der Waals surface area contributed by atoms with Crippen LogP contribution in [0.4, 0.5) is 10.1 Å². The summed E-state index contributed by atoms with van der Waals surface area (Å²) in [7, 11) is -4.21. The minimum absolute atomic E-state index is 0.0222. The van der Waals surface area contributed by atoms with Crippen molar-refractivity contribution in [1.29, 1.82) is 0 Å². The number of halogens is 1. The van der Waals surface area contributed by atoms with Gasteiger partial charge in [-0.2, -0.15) is 0 Å². The van der Waals surface area contributed by atoms with Crippen LogP contribution >= 0.6 is 0 Å². The van der Waals surface area contributed by atoms with Gasteiger partial charge in [0.15, 0.2) is 0 Å². The van der Waals surface area contributed by atoms with Crippen molar-refractivity contribution in [1.82, 2.24) is 10.2 Å². The van der Waals surface area contributed by atoms with E-state index >= 15 is 4.39 Å². The standard InChI is InChI=1S/C36H40FN3O4S/c1-26(2)23-38-36(42)34(22-29-13-7-5-8-14-29)39(24-30-15-11-12-18-32(30)37)35(41)25-40(33-20-19-27(3)21-28(33)4)45(43,44)31-16-9-6-10-17-31/h5-21,26,34H,22-25H2,1-4H3,(H,38,42)/t34-/m0/s1. The molecule has 0 unspecified atom stereocenters. The van der Waals surface area contributed by atoms with E-state index in [4.69, 9.17) is 0 Å². The second-order valence-corrected chi connectivity index (χ2v) is 13.4. The van der Waals surface area contributed by atoms with Gasteiger partial charge in [0.25, 0.3) is 10.0 Å². The van der Waals surface area contributed by atoms with Crippen LogP contribution in [0.3, 0.4) is 0 Å². The Morgan fingerprint density at radius 2 is 1.47 bits per heavy atom. The lowest BCUT2D eigenvalue weighted by Gasteiger charge is -2.34. The molecule has 1 atom stereocenters. The largest absolute Gasteiger partial charge is 0.354 e. The Morgan fingerprint density at radius 3 is 2.09 bits per heavy atom. The highest BCUT2D eigenvalue weighted by Gasteiger charge is 2.35. The Labute approximate surface area is 265 Å². The van der Waals surface area contributed by atoms with Crippen LogP contribution in [-0.2, 0) is 32.6 Å². The topological polar surface area (TPSA) is 86.8 Å². The molecule has 0 bridgehead atoms. The Balaban J connectivity index is 1.82. The quantitative estimate of drug-likeness (QED) is 0.195. The highest BCUT2D eigenvalue weighted by molar-refractivity contribution is 7.92. The summed E-state index contributed by atoms with van der Waals surface area (Å²) < 4.78 is 44.4. The third kappa shape index (κ3) is 8.57. The number of amides is 2. The first kappa shape index (κ1) is 33.4. The number of benzene rings is 4. The van der Waals surface area contributed by atoms with E-state index in [1.807, 2.05) is 57.2 Å². The molecule has 7 nitrogen and oxygen atoms in total. The van der Waals surface area contributed by atoms with Gasteiger partial charge in [0, 0.05) is 25.1 Å². The zero-order valence-corrected chi connectivity index (χ0v) is 26.9. The van der Waals surface area contributed by atoms with Gasteiger partial charge in [0.2, 0.25) is 11.8 Å². The van der Waals surface area contributed by atoms with E-state index in [0.29, 0.717) is 17.8 Å². The normalized spacial score (nSPS) is 12.0. The summed E-state index contributed by atoms with van der Waals surface area (Å²) in [6.07, 6.45) is 0.153. The molecule has 0 spiro atoms. The van der Waals surface area contributed by atoms with Gasteiger partial charge in [-0.05, 0) is 55.2 Å². The van der Waals surface area contributed by atoms with Crippen molar-refractivity contribution < 1.29 is 22.4 Å². The van der Waals surface area contributed by atoms with Gasteiger partial charge in [-0.25, -0.2) is 12.8 Å². The highest BCUT2D eigenvalue weighted by Crippen LogP contribution is 2.28. The number of carbonyl (C=O) groups is 2. The van der Waals surface area contributed by atoms with Crippen molar-refractivity contribution in [2.24, 2.45) is 5.92 Å². The molecule has 4 aromatic carbocycles. The van der Waals surface area contributed by atoms with Gasteiger partial charge in [0.05, 0.1) is 10.6 Å². The summed E-state index contributed by atoms with van der Waals surface area (Å²) in [5, 5.41) is 2.94. The summed E-state index contributed by atoms with van der Waals surface area (Å²) in [6, 6.07) is 27.5. The molecule has 0 aliphatic rings. The summed E-state index contributed by atoms with van der Waals surface area (Å²) >= 11 is 0. The predicted octanol–water partition coefficient (Wildman–Crippen LogP) is 6.05. The first-order valence-electron chi connectivity index (χ1n) is 15.0. The average molecular weight is 630 g/mol. The zero-order chi connectivity index (χ0) is 32.6. The number of anilines is 1. The molecular formula is C36H40FN3O4S. The van der Waals surface area contributed by atoms with Gasteiger partial charge >= 0.3 is 0 Å². The van der Waals surface area contributed by atoms with Crippen molar-refractivity contribution in [3.63, 3.8) is 0 Å². The minimum atomic E-state index is -4.21. The first-order valence-corrected chi connectivity index (χ1v) is 16.4. The Hall–Kier alpha value is -4.50. The Morgan fingerprint density at radius 1 is 0.844 bits per heavy atom. The smallest absolute Gasteiger partial charge is 0.264 e. The molecule has 0 heterocycles. The van der Waals surface area contributed by atoms with E-state index in [1.54, 1.807) is 55.5 Å². The second-order valence-electron chi connectivity index (χ2n) is 11.6. The molecule has 236 valence electrons. The fourth-order valence-electron chi connectivity index (χ4n) is 5.10. The lowest BCUT2D eigenvalue weighted by atomic mass is 10.0. The Bertz CT molecular complexity index is 1710. The SMILES string of the molecule is Cc1ccc(N(CC(=O)N(Cc2ccccc2F)[C@@H](Cc2ccccc2)C(=O)NCC(C)C)S(=O)(=O)c2ccccc2)c(C)c1. The molecule has 0 saturated carbocycles. The maximum Gasteiger partial charge on any atom is 0.264 e. The van der Waals surface area contributed by atoms with Crippen LogP contribution in [0.1, 0.15) is 36.1 Å². The maximum atomic E-state index is 15.0. The number of hydrogen-bond acceptors (Lipinski definition) is 4. The third-order valence-electron chi connectivity index (χ3n) is 7.49. The average Bonchev–Trinajstić information content (AvgIpc) is 3.02. The summed E-state index contributed by atoms with van der Waals surface area (Å²) in [5.41, 5.74) is 2.96. The van der Waals surface area contributed by atoms with Crippen LogP contribution in [0, 0.1) is 25.6 Å². The van der Waals surface area contributed by atoms with Crippen LogP contribution in [0.2, 0.25) is 0 Å². The third-order valence-corrected chi connectivity index (χ3v) is 9.26. The van der Waals surface area contributed by atoms with Crippen molar-refractivity contribution in [3.05, 3.63) is 131 Å². The monoisotopic (exact) mass is 629 g/mol. The number of nitrogens with zero attached hydrogens (tertiary/aromatic N) is 2. The predicted molar refractivity (Wildman–Crippen MR) is 176 cm³/mol. The van der Waals surface area contributed by atoms with Crippen LogP contribution in [0.25, 0.3) is 0 Å². The van der Waals surface area contributed by atoms with Gasteiger partial charge in [-0.1, -0.05) is 98.3 Å². The molecular weight excluding hydrogens is 589 g/mol. The van der Waals surface area contributed by atoms with E-state index < -0.39 is 40.2 Å². The number of nitrogens with one attached hydrogen (secondary N) is 1. The minimum Gasteiger partial charge on any atom is -0.354 e. The molecule has 0 aliphatic heterocycles. The van der Waals surface area contributed by atoms with Gasteiger partial charge in [-0.3, -0.25) is 13.9 Å². The van der Waals surface area contributed by atoms with Crippen molar-refractivity contribution >= 4 is 27.5 Å². The molecule has 0 aliphatic carbocycles. The molecule has 45 heavy (non-hydrogen) atoms. The molecule has 4 rings (SSSR count). The van der Waals surface area contributed by atoms with Crippen LogP contribution in [0.5, 0.6) is 0 Å². The van der Waals surface area contributed by atoms with E-state index in [0.717, 1.165) is 15.4 Å². The molecule has 4 aromatic rings. The van der Waals surface area contributed by atoms with Crippen LogP contribution in [-0.4, -0.2) is 44.3 Å². The number of sulfonamides is 1. The van der Waals surface area contributed by atoms with Crippen molar-refractivity contribution in [3.8, 4) is 0 Å². The van der Waals surface area contributed by atoms with E-state index in [-0.39, 0.29) is 29.3 Å². The molecule has 0 radical (unpaired) electrons. The Kier molecular flexibility index (Phi) is 11.1. The van der Waals surface area contributed by atoms with Crippen LogP contribution in [0.15, 0.2) is 108 Å². The summed E-state index contributed by atoms with van der Waals surface area (Å²) in [4.78, 5) is 29.6. The summed E-state index contributed by atoms with van der Waals surface area (Å²) in [6.45, 7) is 7.16. The number of carbonyl (C=O) groups excluding carboxylic acids is 2. The number of hydrogen-bond donors (Lipinski definition) is 1. The van der Waals surface area contributed by atoms with E-state index in [2.05, 4.69) is 5.32 Å². The van der Waals surface area contributed by atoms with E-state index in [1.165, 1.54) is 23.1 Å². The molecule has 2 amide bonds. The maximum absolute atomic E-state index is 15.0.